The third-order valence-corrected chi connectivity index (χ3v) is 6.25. The molecule has 1 N–H and O–H groups in total. The minimum absolute atomic E-state index is 0.0371. The van der Waals surface area contributed by atoms with Crippen LogP contribution in [-0.2, 0) is 0 Å². The number of hydrogen-bond donors (Lipinski definition) is 1. The maximum atomic E-state index is 13.8. The van der Waals surface area contributed by atoms with E-state index in [0.29, 0.717) is 29.6 Å². The fourth-order valence-electron chi connectivity index (χ4n) is 4.18. The van der Waals surface area contributed by atoms with Crippen LogP contribution >= 0.6 is 0 Å². The lowest BCUT2D eigenvalue weighted by atomic mass is 9.95. The second kappa shape index (κ2) is 10.6. The molecule has 0 amide bonds. The molecular formula is C29H31N3O2. The van der Waals surface area contributed by atoms with E-state index in [0.717, 1.165) is 12.0 Å². The van der Waals surface area contributed by atoms with Crippen molar-refractivity contribution in [3.05, 3.63) is 107 Å². The third kappa shape index (κ3) is 5.15. The molecule has 0 aliphatic heterocycles. The third-order valence-electron chi connectivity index (χ3n) is 6.25. The molecule has 34 heavy (non-hydrogen) atoms. The minimum Gasteiger partial charge on any atom is -0.303 e. The average molecular weight is 454 g/mol. The number of rotatable bonds is 10. The molecule has 0 aliphatic rings. The molecule has 5 nitrogen and oxygen atoms in total. The molecule has 0 aliphatic carbocycles. The Hall–Kier alpha value is -3.57. The molecule has 4 rings (SSSR count). The number of carbonyl (C=O) groups is 2. The highest BCUT2D eigenvalue weighted by Crippen LogP contribution is 2.24. The minimum atomic E-state index is -0.497. The Morgan fingerprint density at radius 3 is 2.41 bits per heavy atom. The number of Topliss-reactive ketones (excluding diaryl/α,β-unsaturated/α-hetero) is 2. The second-order valence-corrected chi connectivity index (χ2v) is 8.91. The summed E-state index contributed by atoms with van der Waals surface area (Å²) < 4.78 is 1.63. The van der Waals surface area contributed by atoms with Gasteiger partial charge in [-0.3, -0.25) is 9.59 Å². The smallest absolute Gasteiger partial charge is 0.188 e. The average Bonchev–Trinajstić information content (AvgIpc) is 3.28. The number of aromatic nitrogens is 2. The van der Waals surface area contributed by atoms with E-state index in [9.17, 15) is 9.59 Å². The zero-order valence-corrected chi connectivity index (χ0v) is 20.0. The Balaban J connectivity index is 1.60. The van der Waals surface area contributed by atoms with E-state index in [1.807, 2.05) is 43.3 Å². The van der Waals surface area contributed by atoms with Crippen molar-refractivity contribution in [3.8, 4) is 0 Å². The monoisotopic (exact) mass is 453 g/mol. The van der Waals surface area contributed by atoms with Crippen molar-refractivity contribution in [3.63, 3.8) is 0 Å². The van der Waals surface area contributed by atoms with Gasteiger partial charge in [-0.05, 0) is 42.5 Å². The van der Waals surface area contributed by atoms with Gasteiger partial charge in [0.1, 0.15) is 0 Å². The first-order valence-electron chi connectivity index (χ1n) is 11.9. The highest BCUT2D eigenvalue weighted by atomic mass is 16.1. The van der Waals surface area contributed by atoms with Gasteiger partial charge >= 0.3 is 0 Å². The Bertz CT molecular complexity index is 1280. The topological polar surface area (TPSA) is 63.5 Å². The van der Waals surface area contributed by atoms with Crippen molar-refractivity contribution in [2.75, 3.05) is 6.54 Å². The molecule has 0 saturated heterocycles. The van der Waals surface area contributed by atoms with Gasteiger partial charge < -0.3 is 5.32 Å². The Morgan fingerprint density at radius 1 is 0.971 bits per heavy atom. The van der Waals surface area contributed by atoms with E-state index < -0.39 is 6.04 Å². The van der Waals surface area contributed by atoms with Crippen LogP contribution in [0.1, 0.15) is 76.1 Å². The van der Waals surface area contributed by atoms with Crippen molar-refractivity contribution in [2.24, 2.45) is 0 Å². The number of aryl methyl sites for hydroxylation is 1. The van der Waals surface area contributed by atoms with Crippen LogP contribution < -0.4 is 5.32 Å². The van der Waals surface area contributed by atoms with Crippen molar-refractivity contribution in [1.82, 2.24) is 14.9 Å². The molecule has 0 saturated carbocycles. The molecule has 4 aromatic rings. The van der Waals surface area contributed by atoms with Gasteiger partial charge in [0.05, 0.1) is 23.3 Å². The lowest BCUT2D eigenvalue weighted by Crippen LogP contribution is -2.31. The molecule has 2 atom stereocenters. The summed E-state index contributed by atoms with van der Waals surface area (Å²) in [5.41, 5.74) is 5.23. The molecule has 2 heterocycles. The molecular weight excluding hydrogens is 422 g/mol. The number of pyridine rings is 1. The quantitative estimate of drug-likeness (QED) is 0.302. The SMILES string of the molecule is CCCC(=O)c1ccc2c(C(=O)[C@@H](NC[C@H](C)c3ccc(C)cc3)c3ccccc3)cnn2c1. The fraction of sp³-hybridized carbons (Fsp3) is 0.276. The summed E-state index contributed by atoms with van der Waals surface area (Å²) >= 11 is 0. The molecule has 0 radical (unpaired) electrons. The molecule has 0 spiro atoms. The highest BCUT2D eigenvalue weighted by molar-refractivity contribution is 6.06. The summed E-state index contributed by atoms with van der Waals surface area (Å²) in [6.07, 6.45) is 4.62. The van der Waals surface area contributed by atoms with Crippen molar-refractivity contribution < 1.29 is 9.59 Å². The van der Waals surface area contributed by atoms with Gasteiger partial charge in [0.15, 0.2) is 11.6 Å². The number of carbonyl (C=O) groups excluding carboxylic acids is 2. The zero-order valence-electron chi connectivity index (χ0n) is 20.0. The summed E-state index contributed by atoms with van der Waals surface area (Å²) in [7, 11) is 0. The van der Waals surface area contributed by atoms with Crippen LogP contribution in [0.25, 0.3) is 5.52 Å². The summed E-state index contributed by atoms with van der Waals surface area (Å²) in [6, 6.07) is 21.4. The first-order chi connectivity index (χ1) is 16.5. The van der Waals surface area contributed by atoms with Crippen LogP contribution in [0.15, 0.2) is 79.1 Å². The van der Waals surface area contributed by atoms with Gasteiger partial charge in [-0.2, -0.15) is 5.10 Å². The Morgan fingerprint density at radius 2 is 1.71 bits per heavy atom. The van der Waals surface area contributed by atoms with Gasteiger partial charge in [-0.1, -0.05) is 74.0 Å². The predicted molar refractivity (Wildman–Crippen MR) is 136 cm³/mol. The fourth-order valence-corrected chi connectivity index (χ4v) is 4.18. The number of nitrogens with zero attached hydrogens (tertiary/aromatic N) is 2. The summed E-state index contributed by atoms with van der Waals surface area (Å²) in [5.74, 6) is 0.294. The number of nitrogens with one attached hydrogen (secondary N) is 1. The molecule has 0 unspecified atom stereocenters. The largest absolute Gasteiger partial charge is 0.303 e. The van der Waals surface area contributed by atoms with Gasteiger partial charge in [0.25, 0.3) is 0 Å². The molecule has 5 heteroatoms. The maximum Gasteiger partial charge on any atom is 0.188 e. The van der Waals surface area contributed by atoms with E-state index in [2.05, 4.69) is 48.5 Å². The van der Waals surface area contributed by atoms with Crippen molar-refractivity contribution >= 4 is 17.1 Å². The predicted octanol–water partition coefficient (Wildman–Crippen LogP) is 5.94. The number of benzene rings is 2. The first kappa shape index (κ1) is 23.6. The molecule has 2 aromatic carbocycles. The van der Waals surface area contributed by atoms with Crippen LogP contribution in [-0.4, -0.2) is 27.7 Å². The highest BCUT2D eigenvalue weighted by Gasteiger charge is 2.25. The van der Waals surface area contributed by atoms with Crippen LogP contribution in [0.4, 0.5) is 0 Å². The molecule has 0 bridgehead atoms. The lowest BCUT2D eigenvalue weighted by Gasteiger charge is -2.21. The van der Waals surface area contributed by atoms with Gasteiger partial charge in [-0.15, -0.1) is 0 Å². The normalized spacial score (nSPS) is 13.0. The Kier molecular flexibility index (Phi) is 7.33. The molecule has 2 aromatic heterocycles. The second-order valence-electron chi connectivity index (χ2n) is 8.91. The van der Waals surface area contributed by atoms with E-state index in [4.69, 9.17) is 0 Å². The summed E-state index contributed by atoms with van der Waals surface area (Å²) in [4.78, 5) is 26.0. The zero-order chi connectivity index (χ0) is 24.1. The van der Waals surface area contributed by atoms with Crippen LogP contribution in [0.5, 0.6) is 0 Å². The Labute approximate surface area is 200 Å². The number of hydrogen-bond acceptors (Lipinski definition) is 4. The van der Waals surface area contributed by atoms with Gasteiger partial charge in [0, 0.05) is 24.7 Å². The van der Waals surface area contributed by atoms with E-state index in [1.165, 1.54) is 11.1 Å². The van der Waals surface area contributed by atoms with E-state index in [1.54, 1.807) is 23.0 Å². The number of ketones is 2. The van der Waals surface area contributed by atoms with Gasteiger partial charge in [0.2, 0.25) is 0 Å². The number of fused-ring (bicyclic) bond motifs is 1. The van der Waals surface area contributed by atoms with Crippen LogP contribution in [0.3, 0.4) is 0 Å². The van der Waals surface area contributed by atoms with E-state index >= 15 is 0 Å². The van der Waals surface area contributed by atoms with Crippen molar-refractivity contribution in [2.45, 2.75) is 45.6 Å². The maximum absolute atomic E-state index is 13.8. The van der Waals surface area contributed by atoms with Crippen molar-refractivity contribution in [1.29, 1.82) is 0 Å². The standard InChI is InChI=1S/C29H31N3O2/c1-4-8-27(33)24-15-16-26-25(18-31-32(26)19-24)29(34)28(23-9-6-5-7-10-23)30-17-21(3)22-13-11-20(2)12-14-22/h5-7,9-16,18-19,21,28,30H,4,8,17H2,1-3H3/t21-,28-/m0/s1. The summed E-state index contributed by atoms with van der Waals surface area (Å²) in [5, 5.41) is 7.89. The van der Waals surface area contributed by atoms with Crippen LogP contribution in [0, 0.1) is 6.92 Å². The lowest BCUT2D eigenvalue weighted by molar-refractivity contribution is 0.0942. The molecule has 0 fully saturated rings. The first-order valence-corrected chi connectivity index (χ1v) is 11.9. The molecule has 174 valence electrons. The van der Waals surface area contributed by atoms with Gasteiger partial charge in [-0.25, -0.2) is 4.52 Å². The van der Waals surface area contributed by atoms with E-state index in [-0.39, 0.29) is 17.5 Å². The summed E-state index contributed by atoms with van der Waals surface area (Å²) in [6.45, 7) is 6.88. The van der Waals surface area contributed by atoms with Crippen LogP contribution in [0.2, 0.25) is 0 Å².